The molecule has 0 spiro atoms. The summed E-state index contributed by atoms with van der Waals surface area (Å²) in [6.07, 6.45) is 13.6. The number of nitrogens with two attached hydrogens (primary N) is 1. The van der Waals surface area contributed by atoms with Gasteiger partial charge in [0.15, 0.2) is 0 Å². The van der Waals surface area contributed by atoms with Crippen LogP contribution in [0.5, 0.6) is 0 Å². The molecule has 0 unspecified atom stereocenters. The van der Waals surface area contributed by atoms with Crippen molar-refractivity contribution in [3.05, 3.63) is 47.6 Å². The molecule has 1 nitrogen and oxygen atoms in total. The van der Waals surface area contributed by atoms with E-state index in [-0.39, 0.29) is 0 Å². The van der Waals surface area contributed by atoms with Crippen LogP contribution in [0.2, 0.25) is 0 Å². The smallest absolute Gasteiger partial charge is 0.0110 e. The molecule has 64 valence electrons. The van der Waals surface area contributed by atoms with Gasteiger partial charge in [-0.05, 0) is 24.5 Å². The van der Waals surface area contributed by atoms with E-state index in [0.717, 1.165) is 6.42 Å². The molecular weight excluding hydrogens is 146 g/mol. The quantitative estimate of drug-likeness (QED) is 0.675. The molecular formula is C11H15N. The third kappa shape index (κ3) is 2.21. The summed E-state index contributed by atoms with van der Waals surface area (Å²) >= 11 is 0. The van der Waals surface area contributed by atoms with Crippen molar-refractivity contribution in [1.82, 2.24) is 0 Å². The van der Waals surface area contributed by atoms with Crippen LogP contribution in [0.15, 0.2) is 47.6 Å². The summed E-state index contributed by atoms with van der Waals surface area (Å²) in [6, 6.07) is 0. The van der Waals surface area contributed by atoms with Gasteiger partial charge in [-0.25, -0.2) is 0 Å². The van der Waals surface area contributed by atoms with Crippen LogP contribution >= 0.6 is 0 Å². The SMILES string of the molecule is C/C=C\C=C1\CC=C1/C=C/CN. The number of rotatable bonds is 3. The second-order valence-electron chi connectivity index (χ2n) is 2.72. The average Bonchev–Trinajstić information content (AvgIpc) is 2.04. The second kappa shape index (κ2) is 4.73. The van der Waals surface area contributed by atoms with Crippen molar-refractivity contribution in [2.75, 3.05) is 6.54 Å². The Morgan fingerprint density at radius 2 is 2.42 bits per heavy atom. The standard InChI is InChI=1S/C11H15N/c1-2-3-5-10-7-8-11(10)6-4-9-12/h2-6,8H,7,9,12H2,1H3/b3-2-,6-4+,10-5-. The summed E-state index contributed by atoms with van der Waals surface area (Å²) in [5.74, 6) is 0. The highest BCUT2D eigenvalue weighted by Crippen LogP contribution is 2.26. The van der Waals surface area contributed by atoms with Gasteiger partial charge in [0.1, 0.15) is 0 Å². The van der Waals surface area contributed by atoms with Crippen molar-refractivity contribution < 1.29 is 0 Å². The maximum Gasteiger partial charge on any atom is 0.0110 e. The van der Waals surface area contributed by atoms with E-state index >= 15 is 0 Å². The maximum atomic E-state index is 5.35. The fourth-order valence-electron chi connectivity index (χ4n) is 1.08. The zero-order valence-corrected chi connectivity index (χ0v) is 7.46. The van der Waals surface area contributed by atoms with Crippen molar-refractivity contribution in [3.63, 3.8) is 0 Å². The minimum absolute atomic E-state index is 0.619. The number of hydrogen-bond acceptors (Lipinski definition) is 1. The highest BCUT2D eigenvalue weighted by molar-refractivity contribution is 5.50. The molecule has 0 aromatic rings. The van der Waals surface area contributed by atoms with Crippen LogP contribution in [-0.4, -0.2) is 6.54 Å². The highest BCUT2D eigenvalue weighted by Gasteiger charge is 2.07. The molecule has 12 heavy (non-hydrogen) atoms. The largest absolute Gasteiger partial charge is 0.327 e. The Morgan fingerprint density at radius 1 is 1.58 bits per heavy atom. The van der Waals surface area contributed by atoms with E-state index in [2.05, 4.69) is 24.3 Å². The summed E-state index contributed by atoms with van der Waals surface area (Å²) in [7, 11) is 0. The summed E-state index contributed by atoms with van der Waals surface area (Å²) in [5.41, 5.74) is 8.07. The van der Waals surface area contributed by atoms with Gasteiger partial charge in [0.2, 0.25) is 0 Å². The summed E-state index contributed by atoms with van der Waals surface area (Å²) in [6.45, 7) is 2.64. The van der Waals surface area contributed by atoms with E-state index in [1.807, 2.05) is 19.1 Å². The molecule has 0 radical (unpaired) electrons. The van der Waals surface area contributed by atoms with E-state index in [4.69, 9.17) is 5.73 Å². The molecule has 1 rings (SSSR count). The molecule has 0 aromatic carbocycles. The fourth-order valence-corrected chi connectivity index (χ4v) is 1.08. The Morgan fingerprint density at radius 3 is 2.92 bits per heavy atom. The topological polar surface area (TPSA) is 26.0 Å². The predicted molar refractivity (Wildman–Crippen MR) is 53.8 cm³/mol. The summed E-state index contributed by atoms with van der Waals surface area (Å²) < 4.78 is 0. The second-order valence-corrected chi connectivity index (χ2v) is 2.72. The van der Waals surface area contributed by atoms with Crippen LogP contribution in [0.1, 0.15) is 13.3 Å². The first-order chi connectivity index (χ1) is 5.88. The van der Waals surface area contributed by atoms with Gasteiger partial charge in [-0.2, -0.15) is 0 Å². The minimum Gasteiger partial charge on any atom is -0.327 e. The Bertz CT molecular complexity index is 254. The molecule has 0 saturated heterocycles. The van der Waals surface area contributed by atoms with Gasteiger partial charge in [0.05, 0.1) is 0 Å². The van der Waals surface area contributed by atoms with Gasteiger partial charge >= 0.3 is 0 Å². The van der Waals surface area contributed by atoms with Crippen molar-refractivity contribution in [2.45, 2.75) is 13.3 Å². The van der Waals surface area contributed by atoms with Crippen molar-refractivity contribution in [1.29, 1.82) is 0 Å². The number of hydrogen-bond donors (Lipinski definition) is 1. The van der Waals surface area contributed by atoms with E-state index < -0.39 is 0 Å². The molecule has 0 bridgehead atoms. The van der Waals surface area contributed by atoms with Crippen LogP contribution in [-0.2, 0) is 0 Å². The zero-order chi connectivity index (χ0) is 8.81. The summed E-state index contributed by atoms with van der Waals surface area (Å²) in [4.78, 5) is 0. The molecule has 1 aliphatic carbocycles. The van der Waals surface area contributed by atoms with Crippen LogP contribution < -0.4 is 5.73 Å². The molecule has 0 saturated carbocycles. The third-order valence-electron chi connectivity index (χ3n) is 1.84. The van der Waals surface area contributed by atoms with E-state index in [9.17, 15) is 0 Å². The van der Waals surface area contributed by atoms with E-state index in [1.54, 1.807) is 0 Å². The molecule has 0 aliphatic heterocycles. The molecule has 1 aliphatic rings. The normalized spacial score (nSPS) is 20.5. The van der Waals surface area contributed by atoms with Crippen LogP contribution in [0.3, 0.4) is 0 Å². The Labute approximate surface area is 74.0 Å². The highest BCUT2D eigenvalue weighted by atomic mass is 14.5. The van der Waals surface area contributed by atoms with E-state index in [0.29, 0.717) is 6.54 Å². The minimum atomic E-state index is 0.619. The molecule has 2 N–H and O–H groups in total. The lowest BCUT2D eigenvalue weighted by molar-refractivity contribution is 1.12. The van der Waals surface area contributed by atoms with Gasteiger partial charge in [-0.15, -0.1) is 0 Å². The first-order valence-electron chi connectivity index (χ1n) is 4.27. The lowest BCUT2D eigenvalue weighted by atomic mass is 9.91. The van der Waals surface area contributed by atoms with Crippen LogP contribution in [0.25, 0.3) is 0 Å². The van der Waals surface area contributed by atoms with Gasteiger partial charge in [-0.1, -0.05) is 36.5 Å². The zero-order valence-electron chi connectivity index (χ0n) is 7.46. The molecule has 0 heterocycles. The van der Waals surface area contributed by atoms with Crippen molar-refractivity contribution in [2.24, 2.45) is 5.73 Å². The number of allylic oxidation sites excluding steroid dienone is 7. The lowest BCUT2D eigenvalue weighted by Crippen LogP contribution is -1.98. The Hall–Kier alpha value is -1.08. The van der Waals surface area contributed by atoms with Gasteiger partial charge in [0, 0.05) is 6.54 Å². The van der Waals surface area contributed by atoms with Gasteiger partial charge in [0.25, 0.3) is 0 Å². The third-order valence-corrected chi connectivity index (χ3v) is 1.84. The van der Waals surface area contributed by atoms with Crippen molar-refractivity contribution >= 4 is 0 Å². The average molecular weight is 161 g/mol. The molecule has 0 amide bonds. The molecule has 0 aromatic heterocycles. The van der Waals surface area contributed by atoms with E-state index in [1.165, 1.54) is 11.1 Å². The maximum absolute atomic E-state index is 5.35. The Kier molecular flexibility index (Phi) is 3.55. The first-order valence-corrected chi connectivity index (χ1v) is 4.27. The first kappa shape index (κ1) is 9.01. The molecule has 0 atom stereocenters. The molecule has 0 fully saturated rings. The fraction of sp³-hybridized carbons (Fsp3) is 0.273. The van der Waals surface area contributed by atoms with Crippen molar-refractivity contribution in [3.8, 4) is 0 Å². The monoisotopic (exact) mass is 161 g/mol. The predicted octanol–water partition coefficient (Wildman–Crippen LogP) is 2.33. The lowest BCUT2D eigenvalue weighted by Gasteiger charge is -2.15. The van der Waals surface area contributed by atoms with Crippen LogP contribution in [0.4, 0.5) is 0 Å². The van der Waals surface area contributed by atoms with Gasteiger partial charge in [-0.3, -0.25) is 0 Å². The molecule has 1 heteroatoms. The Balaban J connectivity index is 2.54. The van der Waals surface area contributed by atoms with Gasteiger partial charge < -0.3 is 5.73 Å². The van der Waals surface area contributed by atoms with Crippen LogP contribution in [0, 0.1) is 0 Å². The summed E-state index contributed by atoms with van der Waals surface area (Å²) in [5, 5.41) is 0.